The Labute approximate surface area is 283 Å². The number of rotatable bonds is 7. The lowest BCUT2D eigenvalue weighted by Crippen LogP contribution is -2.47. The molecule has 258 valence electrons. The van der Waals surface area contributed by atoms with Crippen LogP contribution in [0.3, 0.4) is 0 Å². The number of aliphatic hydroxyl groups is 3. The average Bonchev–Trinajstić information content (AvgIpc) is 2.96. The zero-order valence-corrected chi connectivity index (χ0v) is 28.2. The summed E-state index contributed by atoms with van der Waals surface area (Å²) in [5, 5.41) is 46.4. The molecule has 2 aliphatic rings. The third-order valence-electron chi connectivity index (χ3n) is 7.60. The van der Waals surface area contributed by atoms with Crippen LogP contribution in [0.25, 0.3) is 6.08 Å². The quantitative estimate of drug-likeness (QED) is 0.246. The molecule has 2 aromatic heterocycles. The van der Waals surface area contributed by atoms with Gasteiger partial charge in [0.15, 0.2) is 11.3 Å². The molecule has 2 saturated heterocycles. The van der Waals surface area contributed by atoms with Crippen molar-refractivity contribution >= 4 is 43.4 Å². The molecule has 1 atom stereocenters. The highest BCUT2D eigenvalue weighted by Gasteiger charge is 2.41. The predicted octanol–water partition coefficient (Wildman–Crippen LogP) is 5.29. The molecule has 0 aromatic carbocycles. The van der Waals surface area contributed by atoms with Crippen LogP contribution in [-0.2, 0) is 11.3 Å². The minimum atomic E-state index is -1.63. The lowest BCUT2D eigenvalue weighted by atomic mass is 9.79. The fourth-order valence-corrected chi connectivity index (χ4v) is 5.63. The number of halogens is 4. The first-order valence-corrected chi connectivity index (χ1v) is 15.8. The summed E-state index contributed by atoms with van der Waals surface area (Å²) in [7, 11) is -1.14. The summed E-state index contributed by atoms with van der Waals surface area (Å²) in [5.41, 5.74) is -2.06. The molecule has 15 heteroatoms. The second kappa shape index (κ2) is 18.2. The van der Waals surface area contributed by atoms with E-state index in [1.54, 1.807) is 57.6 Å². The van der Waals surface area contributed by atoms with Crippen molar-refractivity contribution in [2.24, 2.45) is 0 Å². The van der Waals surface area contributed by atoms with Crippen molar-refractivity contribution in [2.45, 2.75) is 90.6 Å². The standard InChI is InChI=1S/C13H19BClFN2O3.C13H17BClFN2O.C4H10O.CH4/c1-14(21)18-4-2-13(16,3-5-18)12-10(15)6-9(7-17-12)11(20)8-19;1-3-10-8-11(15)12(17-9-10)13(16)4-6-18(7-5-13)14(2)19;1-4(2,3)5;/h6-7,11,19-21H,2-5,8H2,1H3;3,8-9,19H,1,4-7H2,2H3;5H,1-3H3;1H4/t11-;;;/m1.../s1. The topological polar surface area (TPSA) is 133 Å². The van der Waals surface area contributed by atoms with Crippen LogP contribution in [0.5, 0.6) is 0 Å². The maximum Gasteiger partial charge on any atom is 0.376 e. The van der Waals surface area contributed by atoms with E-state index in [0.717, 1.165) is 5.56 Å². The first-order chi connectivity index (χ1) is 20.8. The lowest BCUT2D eigenvalue weighted by Gasteiger charge is -2.37. The van der Waals surface area contributed by atoms with Crippen molar-refractivity contribution in [1.82, 2.24) is 19.6 Å². The van der Waals surface area contributed by atoms with Gasteiger partial charge in [0.2, 0.25) is 0 Å². The molecule has 0 spiro atoms. The molecule has 0 unspecified atom stereocenters. The zero-order valence-electron chi connectivity index (χ0n) is 26.7. The first kappa shape index (κ1) is 42.4. The third-order valence-corrected chi connectivity index (χ3v) is 8.18. The van der Waals surface area contributed by atoms with E-state index in [2.05, 4.69) is 16.5 Å². The Morgan fingerprint density at radius 2 is 1.28 bits per heavy atom. The van der Waals surface area contributed by atoms with E-state index in [4.69, 9.17) is 33.4 Å². The van der Waals surface area contributed by atoms with Gasteiger partial charge in [-0.3, -0.25) is 9.97 Å². The van der Waals surface area contributed by atoms with E-state index in [1.807, 2.05) is 4.81 Å². The number of pyridine rings is 2. The molecule has 0 saturated carbocycles. The molecule has 0 amide bonds. The Balaban J connectivity index is 0.000000395. The van der Waals surface area contributed by atoms with Gasteiger partial charge in [-0.25, -0.2) is 8.78 Å². The van der Waals surface area contributed by atoms with Crippen LogP contribution in [0.2, 0.25) is 23.7 Å². The molecular weight excluding hydrogens is 639 g/mol. The highest BCUT2D eigenvalue weighted by atomic mass is 35.5. The summed E-state index contributed by atoms with van der Waals surface area (Å²) in [6, 6.07) is 3.12. The van der Waals surface area contributed by atoms with Gasteiger partial charge in [-0.1, -0.05) is 43.3 Å². The highest BCUT2D eigenvalue weighted by Crippen LogP contribution is 2.41. The molecule has 4 rings (SSSR count). The van der Waals surface area contributed by atoms with E-state index in [0.29, 0.717) is 42.5 Å². The van der Waals surface area contributed by atoms with Gasteiger partial charge in [-0.05, 0) is 104 Å². The van der Waals surface area contributed by atoms with Crippen LogP contribution in [0, 0.1) is 0 Å². The summed E-state index contributed by atoms with van der Waals surface area (Å²) in [5.74, 6) is 0. The van der Waals surface area contributed by atoms with Crippen LogP contribution in [0.4, 0.5) is 8.78 Å². The molecule has 5 N–H and O–H groups in total. The zero-order chi connectivity index (χ0) is 34.2. The molecular formula is C31H50B2Cl2F2N4O5. The summed E-state index contributed by atoms with van der Waals surface area (Å²) in [4.78, 5) is 11.8. The van der Waals surface area contributed by atoms with E-state index in [-0.39, 0.29) is 43.8 Å². The fourth-order valence-electron chi connectivity index (χ4n) is 4.94. The molecule has 4 heterocycles. The molecule has 2 aliphatic heterocycles. The number of piperidine rings is 2. The lowest BCUT2D eigenvalue weighted by molar-refractivity contribution is 0.0757. The second-order valence-electron chi connectivity index (χ2n) is 12.5. The van der Waals surface area contributed by atoms with Gasteiger partial charge in [0, 0.05) is 18.0 Å². The van der Waals surface area contributed by atoms with Gasteiger partial charge < -0.3 is 35.0 Å². The van der Waals surface area contributed by atoms with Crippen molar-refractivity contribution in [3.63, 3.8) is 0 Å². The third kappa shape index (κ3) is 12.4. The first-order valence-electron chi connectivity index (χ1n) is 15.0. The maximum atomic E-state index is 15.0. The fraction of sp³-hybridized carbons (Fsp3) is 0.613. The van der Waals surface area contributed by atoms with Gasteiger partial charge >= 0.3 is 14.1 Å². The molecule has 2 aromatic rings. The van der Waals surface area contributed by atoms with Crippen molar-refractivity contribution in [2.75, 3.05) is 32.8 Å². The van der Waals surface area contributed by atoms with Crippen LogP contribution < -0.4 is 0 Å². The smallest absolute Gasteiger partial charge is 0.376 e. The number of aliphatic hydroxyl groups excluding tert-OH is 2. The summed E-state index contributed by atoms with van der Waals surface area (Å²) in [6.45, 7) is 13.6. The number of hydrogen-bond acceptors (Lipinski definition) is 9. The van der Waals surface area contributed by atoms with Gasteiger partial charge in [0.1, 0.15) is 6.10 Å². The molecule has 46 heavy (non-hydrogen) atoms. The highest BCUT2D eigenvalue weighted by molar-refractivity contribution is 6.45. The van der Waals surface area contributed by atoms with Gasteiger partial charge in [0.25, 0.3) is 0 Å². The van der Waals surface area contributed by atoms with Crippen LogP contribution in [-0.4, -0.2) is 97.4 Å². The van der Waals surface area contributed by atoms with Crippen LogP contribution >= 0.6 is 23.2 Å². The largest absolute Gasteiger partial charge is 0.437 e. The molecule has 0 bridgehead atoms. The Hall–Kier alpha value is -1.67. The molecule has 0 aliphatic carbocycles. The predicted molar refractivity (Wildman–Crippen MR) is 184 cm³/mol. The van der Waals surface area contributed by atoms with Crippen molar-refractivity contribution < 1.29 is 34.1 Å². The normalized spacial score (nSPS) is 18.5. The van der Waals surface area contributed by atoms with Crippen LogP contribution in [0.15, 0.2) is 31.1 Å². The minimum Gasteiger partial charge on any atom is -0.437 e. The Morgan fingerprint density at radius 1 is 0.913 bits per heavy atom. The van der Waals surface area contributed by atoms with E-state index in [9.17, 15) is 19.5 Å². The van der Waals surface area contributed by atoms with Crippen LogP contribution in [0.1, 0.15) is 82.5 Å². The van der Waals surface area contributed by atoms with E-state index in [1.165, 1.54) is 12.3 Å². The van der Waals surface area contributed by atoms with Gasteiger partial charge in [-0.15, -0.1) is 0 Å². The van der Waals surface area contributed by atoms with Crippen molar-refractivity contribution in [3.05, 3.63) is 63.7 Å². The second-order valence-corrected chi connectivity index (χ2v) is 13.4. The van der Waals surface area contributed by atoms with Crippen molar-refractivity contribution in [1.29, 1.82) is 0 Å². The summed E-state index contributed by atoms with van der Waals surface area (Å²) in [6.07, 6.45) is 4.46. The summed E-state index contributed by atoms with van der Waals surface area (Å²) >= 11 is 12.2. The maximum absolute atomic E-state index is 15.0. The number of aromatic nitrogens is 2. The molecule has 0 radical (unpaired) electrons. The van der Waals surface area contributed by atoms with Crippen molar-refractivity contribution in [3.8, 4) is 0 Å². The average molecular weight is 689 g/mol. The Bertz CT molecular complexity index is 1240. The Morgan fingerprint density at radius 3 is 1.59 bits per heavy atom. The van der Waals surface area contributed by atoms with E-state index >= 15 is 4.39 Å². The van der Waals surface area contributed by atoms with Gasteiger partial charge in [-0.2, -0.15) is 0 Å². The number of nitrogens with zero attached hydrogens (tertiary/aromatic N) is 4. The molecule has 2 fully saturated rings. The number of alkyl halides is 2. The summed E-state index contributed by atoms with van der Waals surface area (Å²) < 4.78 is 30.0. The minimum absolute atomic E-state index is 0. The number of hydrogen-bond donors (Lipinski definition) is 5. The SMILES string of the molecule is C.C=Cc1cnc(C2(F)CCN(B(C)O)CC2)c(Cl)c1.CB(O)N1CCC(F)(c2ncc([C@H](O)CO)cc2Cl)CC1.CC(C)(C)O. The van der Waals surface area contributed by atoms with E-state index < -0.39 is 43.8 Å². The van der Waals surface area contributed by atoms with Gasteiger partial charge in [0.05, 0.1) is 33.6 Å². The monoisotopic (exact) mass is 688 g/mol. The molecule has 9 nitrogen and oxygen atoms in total. The Kier molecular flexibility index (Phi) is 16.7.